The number of ether oxygens (including phenoxy) is 1. The summed E-state index contributed by atoms with van der Waals surface area (Å²) in [6.45, 7) is 4.54. The topological polar surface area (TPSA) is 58.6 Å². The molecule has 2 amide bonds. The zero-order valence-corrected chi connectivity index (χ0v) is 17.2. The highest BCUT2D eigenvalue weighted by molar-refractivity contribution is 9.10. The van der Waals surface area contributed by atoms with Crippen molar-refractivity contribution in [2.45, 2.75) is 32.9 Å². The molecule has 1 atom stereocenters. The molecule has 0 saturated heterocycles. The van der Waals surface area contributed by atoms with Crippen LogP contribution in [-0.2, 0) is 16.1 Å². The summed E-state index contributed by atoms with van der Waals surface area (Å²) in [5, 5.41) is 2.85. The lowest BCUT2D eigenvalue weighted by Gasteiger charge is -2.28. The number of halogens is 1. The first kappa shape index (κ1) is 21.0. The van der Waals surface area contributed by atoms with Gasteiger partial charge in [0.2, 0.25) is 5.91 Å². The largest absolute Gasteiger partial charge is 0.484 e. The van der Waals surface area contributed by atoms with E-state index in [-0.39, 0.29) is 18.4 Å². The van der Waals surface area contributed by atoms with Crippen LogP contribution in [0.5, 0.6) is 5.75 Å². The van der Waals surface area contributed by atoms with E-state index in [9.17, 15) is 9.59 Å². The molecule has 144 valence electrons. The number of nitrogens with zero attached hydrogens (tertiary/aromatic N) is 1. The molecule has 1 N–H and O–H groups in total. The van der Waals surface area contributed by atoms with E-state index in [1.807, 2.05) is 49.4 Å². The van der Waals surface area contributed by atoms with Crippen LogP contribution in [0.1, 0.15) is 25.8 Å². The quantitative estimate of drug-likeness (QED) is 0.655. The monoisotopic (exact) mass is 432 g/mol. The molecule has 0 aliphatic heterocycles. The van der Waals surface area contributed by atoms with Crippen molar-refractivity contribution in [3.05, 3.63) is 64.6 Å². The van der Waals surface area contributed by atoms with Crippen LogP contribution in [0.15, 0.2) is 59.1 Å². The fourth-order valence-corrected chi connectivity index (χ4v) is 2.77. The number of benzene rings is 2. The molecule has 27 heavy (non-hydrogen) atoms. The standard InChI is InChI=1S/C21H25BrN2O3/c1-3-13-23-21(26)16(2)24(14-17-9-11-18(22)12-10-17)20(25)15-27-19-7-5-4-6-8-19/h4-12,16H,3,13-15H2,1-2H3,(H,23,26). The van der Waals surface area contributed by atoms with Gasteiger partial charge in [0.15, 0.2) is 6.61 Å². The van der Waals surface area contributed by atoms with Crippen molar-refractivity contribution in [2.75, 3.05) is 13.2 Å². The smallest absolute Gasteiger partial charge is 0.261 e. The lowest BCUT2D eigenvalue weighted by molar-refractivity contribution is -0.142. The first-order chi connectivity index (χ1) is 13.0. The van der Waals surface area contributed by atoms with Crippen LogP contribution in [0.4, 0.5) is 0 Å². The summed E-state index contributed by atoms with van der Waals surface area (Å²) in [4.78, 5) is 26.8. The third-order valence-corrected chi connectivity index (χ3v) is 4.62. The number of para-hydroxylation sites is 1. The maximum Gasteiger partial charge on any atom is 0.261 e. The minimum atomic E-state index is -0.591. The van der Waals surface area contributed by atoms with Gasteiger partial charge >= 0.3 is 0 Å². The zero-order chi connectivity index (χ0) is 19.6. The summed E-state index contributed by atoms with van der Waals surface area (Å²) >= 11 is 3.41. The van der Waals surface area contributed by atoms with E-state index in [2.05, 4.69) is 21.2 Å². The van der Waals surface area contributed by atoms with E-state index in [1.165, 1.54) is 0 Å². The van der Waals surface area contributed by atoms with Gasteiger partial charge in [0.1, 0.15) is 11.8 Å². The Morgan fingerprint density at radius 2 is 1.78 bits per heavy atom. The minimum absolute atomic E-state index is 0.119. The molecule has 0 saturated carbocycles. The Bertz CT molecular complexity index is 735. The summed E-state index contributed by atoms with van der Waals surface area (Å²) in [6.07, 6.45) is 0.843. The molecule has 0 radical (unpaired) electrons. The van der Waals surface area contributed by atoms with Gasteiger partial charge in [0, 0.05) is 17.6 Å². The van der Waals surface area contributed by atoms with Gasteiger partial charge in [-0.3, -0.25) is 9.59 Å². The number of rotatable bonds is 9. The van der Waals surface area contributed by atoms with Crippen LogP contribution in [-0.4, -0.2) is 35.9 Å². The lowest BCUT2D eigenvalue weighted by atomic mass is 10.1. The summed E-state index contributed by atoms with van der Waals surface area (Å²) in [6, 6.07) is 16.3. The van der Waals surface area contributed by atoms with Gasteiger partial charge in [0.25, 0.3) is 5.91 Å². The van der Waals surface area contributed by atoms with Crippen molar-refractivity contribution in [3.8, 4) is 5.75 Å². The zero-order valence-electron chi connectivity index (χ0n) is 15.7. The second-order valence-corrected chi connectivity index (χ2v) is 7.13. The van der Waals surface area contributed by atoms with Gasteiger partial charge in [-0.15, -0.1) is 0 Å². The Labute approximate surface area is 168 Å². The predicted octanol–water partition coefficient (Wildman–Crippen LogP) is 3.77. The highest BCUT2D eigenvalue weighted by Gasteiger charge is 2.26. The molecule has 0 bridgehead atoms. The normalized spacial score (nSPS) is 11.5. The van der Waals surface area contributed by atoms with E-state index in [0.717, 1.165) is 16.5 Å². The number of carbonyl (C=O) groups excluding carboxylic acids is 2. The van der Waals surface area contributed by atoms with Crippen molar-refractivity contribution in [3.63, 3.8) is 0 Å². The highest BCUT2D eigenvalue weighted by atomic mass is 79.9. The Balaban J connectivity index is 2.10. The number of hydrogen-bond acceptors (Lipinski definition) is 3. The van der Waals surface area contributed by atoms with Crippen LogP contribution in [0.25, 0.3) is 0 Å². The fraction of sp³-hybridized carbons (Fsp3) is 0.333. The third-order valence-electron chi connectivity index (χ3n) is 4.09. The molecule has 1 unspecified atom stereocenters. The maximum absolute atomic E-state index is 12.8. The number of amides is 2. The van der Waals surface area contributed by atoms with Gasteiger partial charge in [-0.25, -0.2) is 0 Å². The average Bonchev–Trinajstić information content (AvgIpc) is 2.70. The van der Waals surface area contributed by atoms with Gasteiger partial charge in [-0.05, 0) is 43.2 Å². The van der Waals surface area contributed by atoms with Crippen LogP contribution < -0.4 is 10.1 Å². The van der Waals surface area contributed by atoms with Crippen molar-refractivity contribution >= 4 is 27.7 Å². The van der Waals surface area contributed by atoms with Crippen LogP contribution in [0.2, 0.25) is 0 Å². The summed E-state index contributed by atoms with van der Waals surface area (Å²) in [7, 11) is 0. The molecule has 0 heterocycles. The molecule has 0 fully saturated rings. The SMILES string of the molecule is CCCNC(=O)C(C)N(Cc1ccc(Br)cc1)C(=O)COc1ccccc1. The molecule has 0 aromatic heterocycles. The van der Waals surface area contributed by atoms with Gasteiger partial charge in [0.05, 0.1) is 0 Å². The molecule has 2 aromatic carbocycles. The molecule has 5 nitrogen and oxygen atoms in total. The predicted molar refractivity (Wildman–Crippen MR) is 109 cm³/mol. The molecular formula is C21H25BrN2O3. The van der Waals surface area contributed by atoms with Gasteiger partial charge in [-0.1, -0.05) is 53.2 Å². The summed E-state index contributed by atoms with van der Waals surface area (Å²) in [5.74, 6) is 0.223. The van der Waals surface area contributed by atoms with E-state index >= 15 is 0 Å². The number of nitrogens with one attached hydrogen (secondary N) is 1. The van der Waals surface area contributed by atoms with Gasteiger partial charge in [-0.2, -0.15) is 0 Å². The molecule has 2 rings (SSSR count). The Kier molecular flexibility index (Phi) is 8.33. The van der Waals surface area contributed by atoms with Crippen molar-refractivity contribution in [1.82, 2.24) is 10.2 Å². The lowest BCUT2D eigenvalue weighted by Crippen LogP contribution is -2.49. The second kappa shape index (κ2) is 10.7. The molecule has 0 aliphatic rings. The summed E-state index contributed by atoms with van der Waals surface area (Å²) in [5.41, 5.74) is 0.946. The summed E-state index contributed by atoms with van der Waals surface area (Å²) < 4.78 is 6.55. The minimum Gasteiger partial charge on any atom is -0.484 e. The van der Waals surface area contributed by atoms with Crippen LogP contribution in [0, 0.1) is 0 Å². The molecule has 0 aliphatic carbocycles. The van der Waals surface area contributed by atoms with Crippen LogP contribution >= 0.6 is 15.9 Å². The van der Waals surface area contributed by atoms with E-state index in [1.54, 1.807) is 24.0 Å². The molecular weight excluding hydrogens is 408 g/mol. The third kappa shape index (κ3) is 6.71. The Morgan fingerprint density at radius 1 is 1.11 bits per heavy atom. The van der Waals surface area contributed by atoms with E-state index < -0.39 is 6.04 Å². The van der Waals surface area contributed by atoms with Crippen LogP contribution in [0.3, 0.4) is 0 Å². The first-order valence-electron chi connectivity index (χ1n) is 9.00. The Morgan fingerprint density at radius 3 is 2.41 bits per heavy atom. The van der Waals surface area contributed by atoms with E-state index in [4.69, 9.17) is 4.74 Å². The van der Waals surface area contributed by atoms with Crippen molar-refractivity contribution in [2.24, 2.45) is 0 Å². The maximum atomic E-state index is 12.8. The number of hydrogen-bond donors (Lipinski definition) is 1. The highest BCUT2D eigenvalue weighted by Crippen LogP contribution is 2.15. The Hall–Kier alpha value is -2.34. The van der Waals surface area contributed by atoms with E-state index in [0.29, 0.717) is 18.8 Å². The number of carbonyl (C=O) groups is 2. The second-order valence-electron chi connectivity index (χ2n) is 6.22. The van der Waals surface area contributed by atoms with Crippen molar-refractivity contribution in [1.29, 1.82) is 0 Å². The molecule has 0 spiro atoms. The molecule has 6 heteroatoms. The average molecular weight is 433 g/mol. The van der Waals surface area contributed by atoms with Crippen molar-refractivity contribution < 1.29 is 14.3 Å². The van der Waals surface area contributed by atoms with Gasteiger partial charge < -0.3 is 15.0 Å². The first-order valence-corrected chi connectivity index (χ1v) is 9.80. The fourth-order valence-electron chi connectivity index (χ4n) is 2.51. The molecule has 2 aromatic rings.